The summed E-state index contributed by atoms with van der Waals surface area (Å²) in [5, 5.41) is 7.48. The van der Waals surface area contributed by atoms with Crippen LogP contribution in [0, 0.1) is 0 Å². The van der Waals surface area contributed by atoms with Crippen LogP contribution in [0.5, 0.6) is 5.75 Å². The number of hydrogen-bond donors (Lipinski definition) is 1. The van der Waals surface area contributed by atoms with Crippen molar-refractivity contribution in [1.29, 1.82) is 0 Å². The van der Waals surface area contributed by atoms with Gasteiger partial charge in [-0.2, -0.15) is 5.10 Å². The lowest BCUT2D eigenvalue weighted by molar-refractivity contribution is 0.401. The van der Waals surface area contributed by atoms with E-state index in [4.69, 9.17) is 4.74 Å². The molecule has 0 fully saturated rings. The predicted octanol–water partition coefficient (Wildman–Crippen LogP) is 0.471. The van der Waals surface area contributed by atoms with E-state index in [-0.39, 0.29) is 6.04 Å². The third-order valence-corrected chi connectivity index (χ3v) is 2.88. The maximum atomic E-state index is 5.33. The smallest absolute Gasteiger partial charge is 0.161 e. The van der Waals surface area contributed by atoms with E-state index in [1.807, 2.05) is 36.6 Å². The Morgan fingerprint density at radius 2 is 2.12 bits per heavy atom. The molecular weight excluding hydrogens is 218 g/mol. The fourth-order valence-electron chi connectivity index (χ4n) is 1.98. The van der Waals surface area contributed by atoms with Crippen molar-refractivity contribution >= 4 is 0 Å². The van der Waals surface area contributed by atoms with Gasteiger partial charge in [0, 0.05) is 14.1 Å². The highest BCUT2D eigenvalue weighted by molar-refractivity contribution is 5.33. The standard InChI is InChI=1S/C11H17N5O/c1-12-10(8-5-13-7-15(8)2)11-9(17-4)6-14-16(11)3/h5-7,10,12H,1-4H3. The van der Waals surface area contributed by atoms with Gasteiger partial charge in [0.2, 0.25) is 0 Å². The first-order chi connectivity index (χ1) is 8.19. The minimum atomic E-state index is 0.00458. The highest BCUT2D eigenvalue weighted by Crippen LogP contribution is 2.28. The van der Waals surface area contributed by atoms with Crippen molar-refractivity contribution in [2.45, 2.75) is 6.04 Å². The van der Waals surface area contributed by atoms with Gasteiger partial charge < -0.3 is 14.6 Å². The Morgan fingerprint density at radius 3 is 2.65 bits per heavy atom. The van der Waals surface area contributed by atoms with E-state index in [1.165, 1.54) is 0 Å². The maximum Gasteiger partial charge on any atom is 0.161 e. The Bertz CT molecular complexity index is 502. The van der Waals surface area contributed by atoms with Crippen LogP contribution in [0.3, 0.4) is 0 Å². The van der Waals surface area contributed by atoms with Crippen molar-refractivity contribution in [3.8, 4) is 5.75 Å². The normalized spacial score (nSPS) is 12.7. The summed E-state index contributed by atoms with van der Waals surface area (Å²) in [6.45, 7) is 0. The lowest BCUT2D eigenvalue weighted by Crippen LogP contribution is -2.23. The van der Waals surface area contributed by atoms with E-state index >= 15 is 0 Å². The SMILES string of the molecule is CNC(c1cncn1C)c1c(OC)cnn1C. The van der Waals surface area contributed by atoms with Gasteiger partial charge >= 0.3 is 0 Å². The molecule has 0 bridgehead atoms. The van der Waals surface area contributed by atoms with Crippen LogP contribution < -0.4 is 10.1 Å². The van der Waals surface area contributed by atoms with Gasteiger partial charge in [0.05, 0.1) is 37.6 Å². The monoisotopic (exact) mass is 235 g/mol. The van der Waals surface area contributed by atoms with Crippen molar-refractivity contribution in [2.24, 2.45) is 14.1 Å². The number of ether oxygens (including phenoxy) is 1. The average molecular weight is 235 g/mol. The van der Waals surface area contributed by atoms with E-state index in [1.54, 1.807) is 19.6 Å². The summed E-state index contributed by atoms with van der Waals surface area (Å²) in [5.41, 5.74) is 2.05. The fourth-order valence-corrected chi connectivity index (χ4v) is 1.98. The van der Waals surface area contributed by atoms with Gasteiger partial charge in [-0.3, -0.25) is 4.68 Å². The summed E-state index contributed by atoms with van der Waals surface area (Å²) in [6.07, 6.45) is 5.34. The van der Waals surface area contributed by atoms with Crippen LogP contribution in [0.25, 0.3) is 0 Å². The number of nitrogens with zero attached hydrogens (tertiary/aromatic N) is 4. The number of nitrogens with one attached hydrogen (secondary N) is 1. The number of aromatic nitrogens is 4. The summed E-state index contributed by atoms with van der Waals surface area (Å²) >= 11 is 0. The second-order valence-electron chi connectivity index (χ2n) is 3.87. The third kappa shape index (κ3) is 1.91. The highest BCUT2D eigenvalue weighted by atomic mass is 16.5. The largest absolute Gasteiger partial charge is 0.493 e. The molecule has 0 amide bonds. The first-order valence-electron chi connectivity index (χ1n) is 5.38. The summed E-state index contributed by atoms with van der Waals surface area (Å²) in [7, 11) is 7.43. The fraction of sp³-hybridized carbons (Fsp3) is 0.455. The predicted molar refractivity (Wildman–Crippen MR) is 63.9 cm³/mol. The van der Waals surface area contributed by atoms with Gasteiger partial charge in [0.15, 0.2) is 5.75 Å². The lowest BCUT2D eigenvalue weighted by atomic mass is 10.1. The molecule has 6 nitrogen and oxygen atoms in total. The van der Waals surface area contributed by atoms with Crippen molar-refractivity contribution in [2.75, 3.05) is 14.2 Å². The molecule has 0 spiro atoms. The van der Waals surface area contributed by atoms with E-state index in [0.29, 0.717) is 0 Å². The molecule has 0 saturated carbocycles. The van der Waals surface area contributed by atoms with Gasteiger partial charge in [-0.25, -0.2) is 4.98 Å². The molecule has 6 heteroatoms. The Labute approximate surface area is 100 Å². The second-order valence-corrected chi connectivity index (χ2v) is 3.87. The summed E-state index contributed by atoms with van der Waals surface area (Å²) in [4.78, 5) is 4.14. The molecule has 1 unspecified atom stereocenters. The van der Waals surface area contributed by atoms with Crippen molar-refractivity contribution in [1.82, 2.24) is 24.6 Å². The zero-order chi connectivity index (χ0) is 12.4. The molecule has 1 N–H and O–H groups in total. The Kier molecular flexibility index (Phi) is 3.14. The minimum absolute atomic E-state index is 0.00458. The van der Waals surface area contributed by atoms with Crippen LogP contribution in [-0.2, 0) is 14.1 Å². The third-order valence-electron chi connectivity index (χ3n) is 2.88. The summed E-state index contributed by atoms with van der Waals surface area (Å²) in [5.74, 6) is 0.771. The number of rotatable bonds is 4. The second kappa shape index (κ2) is 4.58. The van der Waals surface area contributed by atoms with Crippen LogP contribution >= 0.6 is 0 Å². The highest BCUT2D eigenvalue weighted by Gasteiger charge is 2.23. The first-order valence-corrected chi connectivity index (χ1v) is 5.38. The van der Waals surface area contributed by atoms with Gasteiger partial charge in [0.25, 0.3) is 0 Å². The van der Waals surface area contributed by atoms with E-state index in [2.05, 4.69) is 15.4 Å². The molecule has 2 heterocycles. The van der Waals surface area contributed by atoms with Gasteiger partial charge in [0.1, 0.15) is 5.69 Å². The van der Waals surface area contributed by atoms with E-state index in [9.17, 15) is 0 Å². The Balaban J connectivity index is 2.49. The van der Waals surface area contributed by atoms with Crippen molar-refractivity contribution in [3.05, 3.63) is 30.1 Å². The van der Waals surface area contributed by atoms with Crippen LogP contribution in [-0.4, -0.2) is 33.5 Å². The molecular formula is C11H17N5O. The topological polar surface area (TPSA) is 56.9 Å². The lowest BCUT2D eigenvalue weighted by Gasteiger charge is -2.18. The molecule has 2 aromatic heterocycles. The maximum absolute atomic E-state index is 5.33. The van der Waals surface area contributed by atoms with Crippen LogP contribution in [0.1, 0.15) is 17.4 Å². The Hall–Kier alpha value is -1.82. The number of hydrogen-bond acceptors (Lipinski definition) is 4. The minimum Gasteiger partial charge on any atom is -0.493 e. The average Bonchev–Trinajstić information content (AvgIpc) is 2.89. The molecule has 2 rings (SSSR count). The van der Waals surface area contributed by atoms with Gasteiger partial charge in [-0.1, -0.05) is 0 Å². The number of aryl methyl sites for hydroxylation is 2. The molecule has 0 aliphatic rings. The molecule has 0 aliphatic heterocycles. The quantitative estimate of drug-likeness (QED) is 0.837. The number of methoxy groups -OCH3 is 1. The Morgan fingerprint density at radius 1 is 1.35 bits per heavy atom. The van der Waals surface area contributed by atoms with Crippen LogP contribution in [0.15, 0.2) is 18.7 Å². The summed E-state index contributed by atoms with van der Waals surface area (Å²) in [6, 6.07) is 0.00458. The molecule has 0 saturated heterocycles. The molecule has 1 atom stereocenters. The van der Waals surface area contributed by atoms with Gasteiger partial charge in [-0.05, 0) is 7.05 Å². The van der Waals surface area contributed by atoms with Crippen molar-refractivity contribution in [3.63, 3.8) is 0 Å². The molecule has 0 aliphatic carbocycles. The molecule has 17 heavy (non-hydrogen) atoms. The molecule has 0 aromatic carbocycles. The molecule has 2 aromatic rings. The van der Waals surface area contributed by atoms with E-state index in [0.717, 1.165) is 17.1 Å². The summed E-state index contributed by atoms with van der Waals surface area (Å²) < 4.78 is 9.13. The van der Waals surface area contributed by atoms with Crippen LogP contribution in [0.2, 0.25) is 0 Å². The first kappa shape index (κ1) is 11.7. The van der Waals surface area contributed by atoms with Gasteiger partial charge in [-0.15, -0.1) is 0 Å². The van der Waals surface area contributed by atoms with E-state index < -0.39 is 0 Å². The molecule has 92 valence electrons. The van der Waals surface area contributed by atoms with Crippen LogP contribution in [0.4, 0.5) is 0 Å². The van der Waals surface area contributed by atoms with Crippen molar-refractivity contribution < 1.29 is 4.74 Å². The zero-order valence-electron chi connectivity index (χ0n) is 10.5. The molecule has 0 radical (unpaired) electrons. The zero-order valence-corrected chi connectivity index (χ0v) is 10.5. The number of imidazole rings is 1.